The Hall–Kier alpha value is -0.330. The third kappa shape index (κ3) is 3.83. The van der Waals surface area contributed by atoms with Gasteiger partial charge in [-0.15, -0.1) is 11.6 Å². The van der Waals surface area contributed by atoms with E-state index in [2.05, 4.69) is 50.3 Å². The number of rotatable bonds is 6. The minimum atomic E-state index is 0.257. The average Bonchev–Trinajstić information content (AvgIpc) is 2.66. The van der Waals surface area contributed by atoms with Crippen LogP contribution in [0, 0.1) is 3.57 Å². The maximum absolute atomic E-state index is 5.87. The van der Waals surface area contributed by atoms with Crippen LogP contribution in [0.2, 0.25) is 0 Å². The minimum Gasteiger partial charge on any atom is -0.377 e. The number of nitrogens with zero attached hydrogens (tertiary/aromatic N) is 2. The molecule has 2 aromatic rings. The fraction of sp³-hybridized carbons (Fsp3) is 0.500. The van der Waals surface area contributed by atoms with E-state index in [1.165, 1.54) is 3.57 Å². The van der Waals surface area contributed by atoms with Gasteiger partial charge in [0.15, 0.2) is 0 Å². The van der Waals surface area contributed by atoms with Gasteiger partial charge in [0.2, 0.25) is 0 Å². The van der Waals surface area contributed by atoms with Crippen LogP contribution in [0.3, 0.4) is 0 Å². The first-order chi connectivity index (χ1) is 9.11. The Balaban J connectivity index is 2.29. The Morgan fingerprint density at radius 3 is 2.89 bits per heavy atom. The third-order valence-electron chi connectivity index (χ3n) is 2.87. The molecule has 0 aliphatic heterocycles. The number of alkyl halides is 1. The SMILES string of the molecule is CC(C)OCCn1c(CCCl)nc2cc(I)ccc21. The summed E-state index contributed by atoms with van der Waals surface area (Å²) in [4.78, 5) is 4.68. The van der Waals surface area contributed by atoms with Gasteiger partial charge in [0.05, 0.1) is 23.7 Å². The molecule has 0 atom stereocenters. The van der Waals surface area contributed by atoms with Crippen LogP contribution in [0.25, 0.3) is 11.0 Å². The fourth-order valence-corrected chi connectivity index (χ4v) is 2.70. The number of halogens is 2. The predicted octanol–water partition coefficient (Wildman–Crippen LogP) is 3.85. The third-order valence-corrected chi connectivity index (χ3v) is 3.73. The molecule has 2 rings (SSSR count). The van der Waals surface area contributed by atoms with Gasteiger partial charge in [-0.1, -0.05) is 0 Å². The van der Waals surface area contributed by atoms with Gasteiger partial charge >= 0.3 is 0 Å². The number of aromatic nitrogens is 2. The molecule has 1 aromatic carbocycles. The van der Waals surface area contributed by atoms with Crippen LogP contribution < -0.4 is 0 Å². The average molecular weight is 393 g/mol. The predicted molar refractivity (Wildman–Crippen MR) is 88.0 cm³/mol. The van der Waals surface area contributed by atoms with E-state index < -0.39 is 0 Å². The van der Waals surface area contributed by atoms with Crippen molar-refractivity contribution >= 4 is 45.2 Å². The summed E-state index contributed by atoms with van der Waals surface area (Å²) in [7, 11) is 0. The van der Waals surface area contributed by atoms with Crippen LogP contribution in [0.5, 0.6) is 0 Å². The molecule has 5 heteroatoms. The van der Waals surface area contributed by atoms with E-state index in [0.717, 1.165) is 29.8 Å². The lowest BCUT2D eigenvalue weighted by Crippen LogP contribution is -2.13. The number of fused-ring (bicyclic) bond motifs is 1. The zero-order valence-electron chi connectivity index (χ0n) is 11.2. The second-order valence-electron chi connectivity index (χ2n) is 4.67. The highest BCUT2D eigenvalue weighted by molar-refractivity contribution is 14.1. The molecule has 0 radical (unpaired) electrons. The highest BCUT2D eigenvalue weighted by Gasteiger charge is 2.10. The molecule has 3 nitrogen and oxygen atoms in total. The molecule has 0 aliphatic rings. The van der Waals surface area contributed by atoms with Crippen molar-refractivity contribution in [3.8, 4) is 0 Å². The smallest absolute Gasteiger partial charge is 0.111 e. The van der Waals surface area contributed by atoms with Crippen molar-refractivity contribution in [1.29, 1.82) is 0 Å². The van der Waals surface area contributed by atoms with Crippen LogP contribution in [0.15, 0.2) is 18.2 Å². The molecule has 0 saturated carbocycles. The molecule has 0 spiro atoms. The zero-order valence-corrected chi connectivity index (χ0v) is 14.1. The normalized spacial score (nSPS) is 11.6. The molecule has 0 saturated heterocycles. The molecular weight excluding hydrogens is 375 g/mol. The van der Waals surface area contributed by atoms with Crippen molar-refractivity contribution in [2.24, 2.45) is 0 Å². The van der Waals surface area contributed by atoms with Crippen LogP contribution in [-0.2, 0) is 17.7 Å². The van der Waals surface area contributed by atoms with Crippen molar-refractivity contribution in [2.75, 3.05) is 12.5 Å². The highest BCUT2D eigenvalue weighted by atomic mass is 127. The van der Waals surface area contributed by atoms with Gasteiger partial charge in [-0.25, -0.2) is 4.98 Å². The second-order valence-corrected chi connectivity index (χ2v) is 6.29. The van der Waals surface area contributed by atoms with E-state index in [-0.39, 0.29) is 6.10 Å². The number of aryl methyl sites for hydroxylation is 1. The van der Waals surface area contributed by atoms with E-state index in [0.29, 0.717) is 12.5 Å². The van der Waals surface area contributed by atoms with Crippen LogP contribution in [0.4, 0.5) is 0 Å². The van der Waals surface area contributed by atoms with Crippen LogP contribution >= 0.6 is 34.2 Å². The van der Waals surface area contributed by atoms with E-state index in [1.54, 1.807) is 0 Å². The molecule has 0 unspecified atom stereocenters. The number of ether oxygens (including phenoxy) is 1. The van der Waals surface area contributed by atoms with Gasteiger partial charge in [-0.05, 0) is 54.6 Å². The topological polar surface area (TPSA) is 27.1 Å². The minimum absolute atomic E-state index is 0.257. The molecule has 0 fully saturated rings. The Morgan fingerprint density at radius 1 is 1.42 bits per heavy atom. The van der Waals surface area contributed by atoms with Gasteiger partial charge < -0.3 is 9.30 Å². The van der Waals surface area contributed by atoms with Gasteiger partial charge in [0.1, 0.15) is 5.82 Å². The largest absolute Gasteiger partial charge is 0.377 e. The summed E-state index contributed by atoms with van der Waals surface area (Å²) in [6.45, 7) is 5.62. The Labute approximate surface area is 132 Å². The summed E-state index contributed by atoms with van der Waals surface area (Å²) in [5.74, 6) is 1.63. The lowest BCUT2D eigenvalue weighted by molar-refractivity contribution is 0.0729. The van der Waals surface area contributed by atoms with Gasteiger partial charge in [-0.3, -0.25) is 0 Å². The zero-order chi connectivity index (χ0) is 13.8. The molecule has 104 valence electrons. The maximum Gasteiger partial charge on any atom is 0.111 e. The van der Waals surface area contributed by atoms with Crippen molar-refractivity contribution in [3.63, 3.8) is 0 Å². The number of benzene rings is 1. The molecular formula is C14H18ClIN2O. The highest BCUT2D eigenvalue weighted by Crippen LogP contribution is 2.19. The summed E-state index contributed by atoms with van der Waals surface area (Å²) in [6, 6.07) is 6.33. The molecule has 0 N–H and O–H groups in total. The van der Waals surface area contributed by atoms with E-state index in [1.807, 2.05) is 13.8 Å². The Morgan fingerprint density at radius 2 is 2.21 bits per heavy atom. The molecule has 1 aromatic heterocycles. The molecule has 0 aliphatic carbocycles. The maximum atomic E-state index is 5.87. The summed E-state index contributed by atoms with van der Waals surface area (Å²) >= 11 is 8.17. The molecule has 0 amide bonds. The van der Waals surface area contributed by atoms with Crippen molar-refractivity contribution < 1.29 is 4.74 Å². The number of imidazole rings is 1. The van der Waals surface area contributed by atoms with E-state index in [4.69, 9.17) is 16.3 Å². The van der Waals surface area contributed by atoms with E-state index in [9.17, 15) is 0 Å². The first kappa shape index (κ1) is 15.1. The lowest BCUT2D eigenvalue weighted by atomic mass is 10.3. The molecule has 1 heterocycles. The van der Waals surface area contributed by atoms with Crippen LogP contribution in [0.1, 0.15) is 19.7 Å². The van der Waals surface area contributed by atoms with Gasteiger partial charge in [0, 0.05) is 22.4 Å². The quantitative estimate of drug-likeness (QED) is 0.551. The van der Waals surface area contributed by atoms with Crippen LogP contribution in [-0.4, -0.2) is 28.1 Å². The monoisotopic (exact) mass is 392 g/mol. The number of hydrogen-bond donors (Lipinski definition) is 0. The summed E-state index contributed by atoms with van der Waals surface area (Å²) in [5, 5.41) is 0. The molecule has 19 heavy (non-hydrogen) atoms. The lowest BCUT2D eigenvalue weighted by Gasteiger charge is -2.11. The van der Waals surface area contributed by atoms with Crippen molar-refractivity contribution in [1.82, 2.24) is 9.55 Å². The summed E-state index contributed by atoms with van der Waals surface area (Å²) < 4.78 is 9.06. The summed E-state index contributed by atoms with van der Waals surface area (Å²) in [5.41, 5.74) is 2.20. The van der Waals surface area contributed by atoms with E-state index >= 15 is 0 Å². The van der Waals surface area contributed by atoms with Gasteiger partial charge in [-0.2, -0.15) is 0 Å². The van der Waals surface area contributed by atoms with Gasteiger partial charge in [0.25, 0.3) is 0 Å². The Kier molecular flexibility index (Phi) is 5.47. The first-order valence-electron chi connectivity index (χ1n) is 6.44. The van der Waals surface area contributed by atoms with Crippen molar-refractivity contribution in [3.05, 3.63) is 27.6 Å². The fourth-order valence-electron chi connectivity index (χ4n) is 2.06. The second kappa shape index (κ2) is 6.90. The van der Waals surface area contributed by atoms with Crippen molar-refractivity contribution in [2.45, 2.75) is 32.9 Å². The number of hydrogen-bond acceptors (Lipinski definition) is 2. The Bertz CT molecular complexity index is 554. The first-order valence-corrected chi connectivity index (χ1v) is 8.05. The standard InChI is InChI=1S/C14H18ClIN2O/c1-10(2)19-8-7-18-13-4-3-11(16)9-12(13)17-14(18)5-6-15/h3-4,9-10H,5-8H2,1-2H3. The molecule has 0 bridgehead atoms. The summed E-state index contributed by atoms with van der Waals surface area (Å²) in [6.07, 6.45) is 1.04.